The molecule has 0 radical (unpaired) electrons. The summed E-state index contributed by atoms with van der Waals surface area (Å²) in [5.41, 5.74) is 0.0275. The summed E-state index contributed by atoms with van der Waals surface area (Å²) in [5, 5.41) is 2.66. The predicted molar refractivity (Wildman–Crippen MR) is 79.1 cm³/mol. The topological polar surface area (TPSA) is 77.5 Å². The number of carbonyl (C=O) groups excluding carboxylic acids is 2. The molecule has 21 heavy (non-hydrogen) atoms. The molecule has 0 atom stereocenters. The van der Waals surface area contributed by atoms with Crippen molar-refractivity contribution < 1.29 is 19.1 Å². The Hall–Kier alpha value is -2.11. The SMILES string of the molecule is CCOc1ccc(NC(=O)CCC(=O)OC(C)(C)C)cn1. The van der Waals surface area contributed by atoms with Gasteiger partial charge < -0.3 is 14.8 Å². The fourth-order valence-electron chi connectivity index (χ4n) is 1.52. The van der Waals surface area contributed by atoms with Crippen molar-refractivity contribution in [1.29, 1.82) is 0 Å². The number of hydrogen-bond acceptors (Lipinski definition) is 5. The number of rotatable bonds is 6. The highest BCUT2D eigenvalue weighted by Crippen LogP contribution is 2.13. The van der Waals surface area contributed by atoms with Crippen molar-refractivity contribution in [3.05, 3.63) is 18.3 Å². The molecule has 6 heteroatoms. The molecule has 0 aliphatic rings. The van der Waals surface area contributed by atoms with Crippen molar-refractivity contribution in [3.8, 4) is 5.88 Å². The van der Waals surface area contributed by atoms with E-state index < -0.39 is 5.60 Å². The lowest BCUT2D eigenvalue weighted by molar-refractivity contribution is -0.155. The summed E-state index contributed by atoms with van der Waals surface area (Å²) in [6.07, 6.45) is 1.63. The Kier molecular flexibility index (Phi) is 6.14. The zero-order valence-electron chi connectivity index (χ0n) is 12.9. The van der Waals surface area contributed by atoms with Crippen LogP contribution in [0.5, 0.6) is 5.88 Å². The van der Waals surface area contributed by atoms with E-state index in [2.05, 4.69) is 10.3 Å². The second-order valence-electron chi connectivity index (χ2n) is 5.45. The molecule has 0 unspecified atom stereocenters. The molecular formula is C15H22N2O4. The maximum absolute atomic E-state index is 11.7. The largest absolute Gasteiger partial charge is 0.478 e. The van der Waals surface area contributed by atoms with Crippen LogP contribution in [0.1, 0.15) is 40.5 Å². The second kappa shape index (κ2) is 7.61. The molecule has 116 valence electrons. The summed E-state index contributed by atoms with van der Waals surface area (Å²) in [4.78, 5) is 27.3. The number of ether oxygens (including phenoxy) is 2. The van der Waals surface area contributed by atoms with Crippen molar-refractivity contribution in [2.45, 2.75) is 46.1 Å². The number of amides is 1. The number of esters is 1. The maximum atomic E-state index is 11.7. The third-order valence-electron chi connectivity index (χ3n) is 2.29. The fourth-order valence-corrected chi connectivity index (χ4v) is 1.52. The number of anilines is 1. The third kappa shape index (κ3) is 7.29. The van der Waals surface area contributed by atoms with Crippen LogP contribution >= 0.6 is 0 Å². The Bertz CT molecular complexity index is 477. The average molecular weight is 294 g/mol. The van der Waals surface area contributed by atoms with Gasteiger partial charge in [0.1, 0.15) is 5.60 Å². The number of nitrogens with zero attached hydrogens (tertiary/aromatic N) is 1. The van der Waals surface area contributed by atoms with Crippen LogP contribution in [0, 0.1) is 0 Å². The molecule has 1 aromatic heterocycles. The molecule has 0 aromatic carbocycles. The first-order valence-corrected chi connectivity index (χ1v) is 6.90. The number of nitrogens with one attached hydrogen (secondary N) is 1. The summed E-state index contributed by atoms with van der Waals surface area (Å²) >= 11 is 0. The Balaban J connectivity index is 2.38. The van der Waals surface area contributed by atoms with Crippen LogP contribution in [-0.4, -0.2) is 29.1 Å². The van der Waals surface area contributed by atoms with Gasteiger partial charge in [0.15, 0.2) is 0 Å². The van der Waals surface area contributed by atoms with Crippen LogP contribution in [0.15, 0.2) is 18.3 Å². The molecule has 6 nitrogen and oxygen atoms in total. The molecule has 1 amide bonds. The predicted octanol–water partition coefficient (Wildman–Crippen LogP) is 2.54. The molecule has 1 rings (SSSR count). The van der Waals surface area contributed by atoms with Crippen molar-refractivity contribution >= 4 is 17.6 Å². The van der Waals surface area contributed by atoms with E-state index in [1.165, 1.54) is 6.20 Å². The lowest BCUT2D eigenvalue weighted by Gasteiger charge is -2.19. The summed E-state index contributed by atoms with van der Waals surface area (Å²) in [6, 6.07) is 3.37. The van der Waals surface area contributed by atoms with E-state index in [9.17, 15) is 9.59 Å². The molecule has 0 fully saturated rings. The molecule has 0 bridgehead atoms. The van der Waals surface area contributed by atoms with Gasteiger partial charge in [0.2, 0.25) is 11.8 Å². The lowest BCUT2D eigenvalue weighted by Crippen LogP contribution is -2.24. The van der Waals surface area contributed by atoms with Gasteiger partial charge in [0.25, 0.3) is 0 Å². The van der Waals surface area contributed by atoms with Crippen LogP contribution in [-0.2, 0) is 14.3 Å². The van der Waals surface area contributed by atoms with Crippen LogP contribution in [0.25, 0.3) is 0 Å². The molecule has 0 aliphatic heterocycles. The average Bonchev–Trinajstić information content (AvgIpc) is 2.37. The molecule has 0 spiro atoms. The molecule has 0 aliphatic carbocycles. The smallest absolute Gasteiger partial charge is 0.306 e. The minimum Gasteiger partial charge on any atom is -0.478 e. The number of pyridine rings is 1. The molecule has 1 N–H and O–H groups in total. The Morgan fingerprint density at radius 3 is 2.48 bits per heavy atom. The van der Waals surface area contributed by atoms with E-state index in [0.717, 1.165) is 0 Å². The highest BCUT2D eigenvalue weighted by molar-refractivity contribution is 5.92. The summed E-state index contributed by atoms with van der Waals surface area (Å²) in [7, 11) is 0. The van der Waals surface area contributed by atoms with Gasteiger partial charge in [0.05, 0.1) is 24.9 Å². The number of carbonyl (C=O) groups is 2. The van der Waals surface area contributed by atoms with Gasteiger partial charge in [-0.25, -0.2) is 4.98 Å². The standard InChI is InChI=1S/C15H22N2O4/c1-5-20-13-8-6-11(10-16-13)17-12(18)7-9-14(19)21-15(2,3)4/h6,8,10H,5,7,9H2,1-4H3,(H,17,18). The minimum absolute atomic E-state index is 0.0492. The van der Waals surface area contributed by atoms with Gasteiger partial charge in [-0.05, 0) is 33.8 Å². The molecule has 0 saturated carbocycles. The zero-order valence-corrected chi connectivity index (χ0v) is 12.9. The fraction of sp³-hybridized carbons (Fsp3) is 0.533. The lowest BCUT2D eigenvalue weighted by atomic mass is 10.2. The van der Waals surface area contributed by atoms with E-state index in [4.69, 9.17) is 9.47 Å². The summed E-state index contributed by atoms with van der Waals surface area (Å²) < 4.78 is 10.3. The van der Waals surface area contributed by atoms with E-state index in [1.54, 1.807) is 32.9 Å². The Morgan fingerprint density at radius 2 is 1.95 bits per heavy atom. The first kappa shape index (κ1) is 16.9. The van der Waals surface area contributed by atoms with E-state index in [1.807, 2.05) is 6.92 Å². The van der Waals surface area contributed by atoms with E-state index >= 15 is 0 Å². The van der Waals surface area contributed by atoms with Crippen molar-refractivity contribution in [3.63, 3.8) is 0 Å². The normalized spacial score (nSPS) is 10.9. The second-order valence-corrected chi connectivity index (χ2v) is 5.45. The first-order chi connectivity index (χ1) is 9.80. The third-order valence-corrected chi connectivity index (χ3v) is 2.29. The highest BCUT2D eigenvalue weighted by atomic mass is 16.6. The quantitative estimate of drug-likeness (QED) is 0.816. The van der Waals surface area contributed by atoms with E-state index in [0.29, 0.717) is 18.2 Å². The van der Waals surface area contributed by atoms with Gasteiger partial charge in [-0.2, -0.15) is 0 Å². The number of aromatic nitrogens is 1. The maximum Gasteiger partial charge on any atom is 0.306 e. The molecule has 1 aromatic rings. The zero-order chi connectivity index (χ0) is 15.9. The van der Waals surface area contributed by atoms with Crippen LogP contribution < -0.4 is 10.1 Å². The Labute approximate surface area is 124 Å². The van der Waals surface area contributed by atoms with Gasteiger partial charge in [-0.1, -0.05) is 0 Å². The summed E-state index contributed by atoms with van der Waals surface area (Å²) in [5.74, 6) is -0.140. The van der Waals surface area contributed by atoms with Crippen molar-refractivity contribution in [1.82, 2.24) is 4.98 Å². The summed E-state index contributed by atoms with van der Waals surface area (Å²) in [6.45, 7) is 7.77. The van der Waals surface area contributed by atoms with Crippen LogP contribution in [0.4, 0.5) is 5.69 Å². The molecular weight excluding hydrogens is 272 g/mol. The molecule has 1 heterocycles. The van der Waals surface area contributed by atoms with Crippen molar-refractivity contribution in [2.24, 2.45) is 0 Å². The Morgan fingerprint density at radius 1 is 1.24 bits per heavy atom. The first-order valence-electron chi connectivity index (χ1n) is 6.90. The molecule has 0 saturated heterocycles. The minimum atomic E-state index is -0.535. The van der Waals surface area contributed by atoms with Gasteiger partial charge >= 0.3 is 5.97 Å². The van der Waals surface area contributed by atoms with Crippen molar-refractivity contribution in [2.75, 3.05) is 11.9 Å². The van der Waals surface area contributed by atoms with Gasteiger partial charge in [-0.3, -0.25) is 9.59 Å². The highest BCUT2D eigenvalue weighted by Gasteiger charge is 2.17. The van der Waals surface area contributed by atoms with Crippen LogP contribution in [0.2, 0.25) is 0 Å². The van der Waals surface area contributed by atoms with Crippen LogP contribution in [0.3, 0.4) is 0 Å². The van der Waals surface area contributed by atoms with Gasteiger partial charge in [-0.15, -0.1) is 0 Å². The van der Waals surface area contributed by atoms with E-state index in [-0.39, 0.29) is 24.7 Å². The number of hydrogen-bond donors (Lipinski definition) is 1. The monoisotopic (exact) mass is 294 g/mol. The van der Waals surface area contributed by atoms with Gasteiger partial charge in [0, 0.05) is 12.5 Å².